The summed E-state index contributed by atoms with van der Waals surface area (Å²) >= 11 is 0. The van der Waals surface area contributed by atoms with Gasteiger partial charge in [-0.3, -0.25) is 19.4 Å². The van der Waals surface area contributed by atoms with Crippen molar-refractivity contribution < 1.29 is 9.59 Å². The molecule has 0 unspecified atom stereocenters. The van der Waals surface area contributed by atoms with Gasteiger partial charge in [-0.25, -0.2) is 9.78 Å². The zero-order chi connectivity index (χ0) is 16.2. The molecule has 3 rings (SSSR count). The van der Waals surface area contributed by atoms with Gasteiger partial charge in [-0.15, -0.1) is 0 Å². The molecule has 1 fully saturated rings. The molecule has 0 N–H and O–H groups in total. The highest BCUT2D eigenvalue weighted by molar-refractivity contribution is 6.01. The first-order chi connectivity index (χ1) is 11.1. The highest BCUT2D eigenvalue weighted by Gasteiger charge is 2.35. The van der Waals surface area contributed by atoms with Gasteiger partial charge in [0.1, 0.15) is 19.2 Å². The van der Waals surface area contributed by atoms with Gasteiger partial charge in [0, 0.05) is 31.4 Å². The van der Waals surface area contributed by atoms with Gasteiger partial charge in [-0.2, -0.15) is 5.10 Å². The number of amides is 3. The quantitative estimate of drug-likeness (QED) is 0.725. The first-order valence-corrected chi connectivity index (χ1v) is 7.47. The van der Waals surface area contributed by atoms with E-state index >= 15 is 0 Å². The number of hydrogen-bond acceptors (Lipinski definition) is 5. The van der Waals surface area contributed by atoms with Gasteiger partial charge < -0.3 is 4.90 Å². The molecule has 0 atom stereocenters. The highest BCUT2D eigenvalue weighted by atomic mass is 16.2. The Balaban J connectivity index is 1.54. The Hall–Kier alpha value is -2.77. The monoisotopic (exact) mass is 314 g/mol. The van der Waals surface area contributed by atoms with Crippen LogP contribution in [-0.2, 0) is 17.8 Å². The molecule has 8 heteroatoms. The van der Waals surface area contributed by atoms with Crippen LogP contribution in [-0.4, -0.2) is 61.1 Å². The zero-order valence-corrected chi connectivity index (χ0v) is 12.9. The molecule has 1 aliphatic rings. The van der Waals surface area contributed by atoms with Crippen molar-refractivity contribution in [2.45, 2.75) is 19.9 Å². The summed E-state index contributed by atoms with van der Waals surface area (Å²) in [7, 11) is 0. The molecule has 0 saturated carbocycles. The lowest BCUT2D eigenvalue weighted by molar-refractivity contribution is -0.125. The Labute approximate surface area is 133 Å². The Morgan fingerprint density at radius 1 is 1.17 bits per heavy atom. The van der Waals surface area contributed by atoms with Crippen LogP contribution in [0.15, 0.2) is 31.0 Å². The summed E-state index contributed by atoms with van der Waals surface area (Å²) in [5.41, 5.74) is 1.96. The molecule has 0 bridgehead atoms. The molecular weight excluding hydrogens is 296 g/mol. The number of nitrogens with zero attached hydrogens (tertiary/aromatic N) is 6. The minimum absolute atomic E-state index is 0.120. The van der Waals surface area contributed by atoms with E-state index in [1.54, 1.807) is 17.2 Å². The third kappa shape index (κ3) is 3.53. The van der Waals surface area contributed by atoms with Crippen molar-refractivity contribution in [3.8, 4) is 0 Å². The van der Waals surface area contributed by atoms with Crippen LogP contribution in [0.3, 0.4) is 0 Å². The highest BCUT2D eigenvalue weighted by Crippen LogP contribution is 2.11. The Morgan fingerprint density at radius 3 is 2.74 bits per heavy atom. The molecule has 1 aliphatic heterocycles. The van der Waals surface area contributed by atoms with E-state index in [1.165, 1.54) is 16.1 Å². The smallest absolute Gasteiger partial charge is 0.313 e. The molecule has 8 nitrogen and oxygen atoms in total. The second-order valence-corrected chi connectivity index (χ2v) is 5.48. The minimum Gasteiger partial charge on any atom is -0.313 e. The van der Waals surface area contributed by atoms with Crippen LogP contribution in [0.25, 0.3) is 0 Å². The standard InChI is InChI=1S/C15H18N6O2/c1-12-2-3-13(17-8-12)4-5-21-14(22)9-19(15(21)23)6-7-20-11-16-10-18-20/h2-3,8,10-11H,4-7,9H2,1H3. The van der Waals surface area contributed by atoms with Gasteiger partial charge in [-0.1, -0.05) is 6.07 Å². The lowest BCUT2D eigenvalue weighted by Gasteiger charge is -2.16. The van der Waals surface area contributed by atoms with Crippen LogP contribution in [0.2, 0.25) is 0 Å². The molecule has 3 amide bonds. The van der Waals surface area contributed by atoms with Crippen LogP contribution in [0, 0.1) is 6.92 Å². The fourth-order valence-corrected chi connectivity index (χ4v) is 2.43. The van der Waals surface area contributed by atoms with Crippen LogP contribution < -0.4 is 0 Å². The van der Waals surface area contributed by atoms with E-state index in [-0.39, 0.29) is 18.5 Å². The summed E-state index contributed by atoms with van der Waals surface area (Å²) < 4.78 is 1.64. The second kappa shape index (κ2) is 6.55. The second-order valence-electron chi connectivity index (χ2n) is 5.48. The number of rotatable bonds is 6. The van der Waals surface area contributed by atoms with E-state index in [1.807, 2.05) is 19.1 Å². The van der Waals surface area contributed by atoms with Crippen molar-refractivity contribution in [3.05, 3.63) is 42.2 Å². The van der Waals surface area contributed by atoms with Crippen molar-refractivity contribution in [1.82, 2.24) is 29.5 Å². The molecule has 1 saturated heterocycles. The first kappa shape index (κ1) is 15.1. The lowest BCUT2D eigenvalue weighted by Crippen LogP contribution is -2.35. The van der Waals surface area contributed by atoms with Gasteiger partial charge in [0.2, 0.25) is 5.91 Å². The largest absolute Gasteiger partial charge is 0.327 e. The summed E-state index contributed by atoms with van der Waals surface area (Å²) in [6.07, 6.45) is 5.38. The number of pyridine rings is 1. The van der Waals surface area contributed by atoms with Crippen LogP contribution in [0.1, 0.15) is 11.3 Å². The predicted octanol–water partition coefficient (Wildman–Crippen LogP) is 0.488. The molecule has 2 aromatic heterocycles. The summed E-state index contributed by atoms with van der Waals surface area (Å²) in [6.45, 7) is 3.40. The van der Waals surface area contributed by atoms with E-state index in [0.717, 1.165) is 11.3 Å². The molecular formula is C15H18N6O2. The summed E-state index contributed by atoms with van der Waals surface area (Å²) in [4.78, 5) is 35.3. The third-order valence-corrected chi connectivity index (χ3v) is 3.76. The van der Waals surface area contributed by atoms with E-state index in [2.05, 4.69) is 15.1 Å². The van der Waals surface area contributed by atoms with Crippen molar-refractivity contribution in [2.75, 3.05) is 19.6 Å². The van der Waals surface area contributed by atoms with Crippen LogP contribution in [0.5, 0.6) is 0 Å². The summed E-state index contributed by atoms with van der Waals surface area (Å²) in [5, 5.41) is 3.98. The van der Waals surface area contributed by atoms with E-state index in [4.69, 9.17) is 0 Å². The maximum atomic E-state index is 12.3. The summed E-state index contributed by atoms with van der Waals surface area (Å²) in [6, 6.07) is 3.64. The predicted molar refractivity (Wildman–Crippen MR) is 81.4 cm³/mol. The molecule has 0 spiro atoms. The Kier molecular flexibility index (Phi) is 4.31. The molecule has 3 heterocycles. The van der Waals surface area contributed by atoms with Gasteiger partial charge in [0.25, 0.3) is 0 Å². The van der Waals surface area contributed by atoms with Crippen molar-refractivity contribution in [3.63, 3.8) is 0 Å². The van der Waals surface area contributed by atoms with E-state index in [9.17, 15) is 9.59 Å². The van der Waals surface area contributed by atoms with Crippen LogP contribution >= 0.6 is 0 Å². The van der Waals surface area contributed by atoms with Crippen molar-refractivity contribution in [1.29, 1.82) is 0 Å². The molecule has 23 heavy (non-hydrogen) atoms. The van der Waals surface area contributed by atoms with Gasteiger partial charge in [-0.05, 0) is 18.6 Å². The van der Waals surface area contributed by atoms with Crippen molar-refractivity contribution >= 4 is 11.9 Å². The maximum Gasteiger partial charge on any atom is 0.327 e. The first-order valence-electron chi connectivity index (χ1n) is 7.47. The number of aromatic nitrogens is 4. The van der Waals surface area contributed by atoms with Crippen LogP contribution in [0.4, 0.5) is 4.79 Å². The summed E-state index contributed by atoms with van der Waals surface area (Å²) in [5.74, 6) is -0.166. The molecule has 0 radical (unpaired) electrons. The van der Waals surface area contributed by atoms with Gasteiger partial charge in [0.15, 0.2) is 0 Å². The number of carbonyl (C=O) groups excluding carboxylic acids is 2. The van der Waals surface area contributed by atoms with Gasteiger partial charge >= 0.3 is 6.03 Å². The number of hydrogen-bond donors (Lipinski definition) is 0. The fraction of sp³-hybridized carbons (Fsp3) is 0.400. The van der Waals surface area contributed by atoms with Crippen molar-refractivity contribution in [2.24, 2.45) is 0 Å². The molecule has 2 aromatic rings. The number of aryl methyl sites for hydroxylation is 1. The molecule has 0 aliphatic carbocycles. The third-order valence-electron chi connectivity index (χ3n) is 3.76. The minimum atomic E-state index is -0.248. The van der Waals surface area contributed by atoms with E-state index in [0.29, 0.717) is 26.1 Å². The average Bonchev–Trinajstić information content (AvgIpc) is 3.14. The molecule has 0 aromatic carbocycles. The normalized spacial score (nSPS) is 14.8. The lowest BCUT2D eigenvalue weighted by atomic mass is 10.2. The average molecular weight is 314 g/mol. The van der Waals surface area contributed by atoms with E-state index < -0.39 is 0 Å². The fourth-order valence-electron chi connectivity index (χ4n) is 2.43. The SMILES string of the molecule is Cc1ccc(CCN2C(=O)CN(CCn3cncn3)C2=O)nc1. The number of urea groups is 1. The topological polar surface area (TPSA) is 84.2 Å². The Morgan fingerprint density at radius 2 is 2.04 bits per heavy atom. The zero-order valence-electron chi connectivity index (χ0n) is 12.9. The Bertz CT molecular complexity index is 683. The van der Waals surface area contributed by atoms with Gasteiger partial charge in [0.05, 0.1) is 6.54 Å². The maximum absolute atomic E-state index is 12.3. The number of imide groups is 1. The number of carbonyl (C=O) groups is 2. The molecule has 120 valence electrons.